The van der Waals surface area contributed by atoms with Crippen molar-refractivity contribution in [3.8, 4) is 11.5 Å². The van der Waals surface area contributed by atoms with Crippen molar-refractivity contribution in [1.29, 1.82) is 0 Å². The highest BCUT2D eigenvalue weighted by Gasteiger charge is 2.27. The van der Waals surface area contributed by atoms with Crippen LogP contribution in [0.4, 0.5) is 0 Å². The number of rotatable bonds is 8. The molecule has 34 heavy (non-hydrogen) atoms. The van der Waals surface area contributed by atoms with Gasteiger partial charge in [0.05, 0.1) is 11.5 Å². The minimum Gasteiger partial charge on any atom is -0.494 e. The maximum absolute atomic E-state index is 13.0. The molecule has 1 heterocycles. The molecule has 0 spiro atoms. The molecule has 1 atom stereocenters. The van der Waals surface area contributed by atoms with Crippen molar-refractivity contribution in [2.24, 2.45) is 0 Å². The van der Waals surface area contributed by atoms with Crippen LogP contribution < -0.4 is 20.3 Å². The van der Waals surface area contributed by atoms with Crippen LogP contribution in [0.25, 0.3) is 0 Å². The van der Waals surface area contributed by atoms with Crippen LogP contribution in [0.2, 0.25) is 0 Å². The van der Waals surface area contributed by atoms with Gasteiger partial charge in [0.15, 0.2) is 6.10 Å². The molecule has 0 saturated carbocycles. The summed E-state index contributed by atoms with van der Waals surface area (Å²) in [4.78, 5) is 25.2. The molecule has 9 nitrogen and oxygen atoms in total. The van der Waals surface area contributed by atoms with Gasteiger partial charge in [0.25, 0.3) is 11.8 Å². The molecule has 0 radical (unpaired) electrons. The molecular formula is C24H31N3O6S. The van der Waals surface area contributed by atoms with Gasteiger partial charge in [-0.15, -0.1) is 0 Å². The first kappa shape index (κ1) is 25.5. The molecule has 1 saturated heterocycles. The molecule has 0 bridgehead atoms. The maximum Gasteiger partial charge on any atom is 0.279 e. The van der Waals surface area contributed by atoms with Crippen LogP contribution in [-0.2, 0) is 14.8 Å². The van der Waals surface area contributed by atoms with E-state index < -0.39 is 27.9 Å². The lowest BCUT2D eigenvalue weighted by atomic mass is 10.1. The third-order valence-electron chi connectivity index (χ3n) is 5.52. The third kappa shape index (κ3) is 6.27. The number of benzene rings is 2. The van der Waals surface area contributed by atoms with Gasteiger partial charge in [-0.05, 0) is 75.6 Å². The topological polar surface area (TPSA) is 114 Å². The summed E-state index contributed by atoms with van der Waals surface area (Å²) in [7, 11) is -3.68. The SMILES string of the molecule is CCOc1ccc(OC(C)C(=O)NNC(=O)c2cc(S(=O)(=O)N3CCCCC3)ccc2C)cc1. The lowest BCUT2D eigenvalue weighted by molar-refractivity contribution is -0.128. The van der Waals surface area contributed by atoms with E-state index in [1.807, 2.05) is 6.92 Å². The number of amides is 2. The van der Waals surface area contributed by atoms with Crippen molar-refractivity contribution in [2.45, 2.75) is 51.0 Å². The van der Waals surface area contributed by atoms with Gasteiger partial charge in [0.2, 0.25) is 10.0 Å². The van der Waals surface area contributed by atoms with E-state index in [4.69, 9.17) is 9.47 Å². The van der Waals surface area contributed by atoms with Crippen LogP contribution in [0, 0.1) is 6.92 Å². The molecule has 1 unspecified atom stereocenters. The fourth-order valence-electron chi connectivity index (χ4n) is 3.59. The number of sulfonamides is 1. The van der Waals surface area contributed by atoms with E-state index in [-0.39, 0.29) is 10.5 Å². The van der Waals surface area contributed by atoms with Gasteiger partial charge in [-0.3, -0.25) is 20.4 Å². The van der Waals surface area contributed by atoms with Crippen molar-refractivity contribution in [3.63, 3.8) is 0 Å². The zero-order valence-electron chi connectivity index (χ0n) is 19.7. The highest BCUT2D eigenvalue weighted by molar-refractivity contribution is 7.89. The molecule has 2 aromatic rings. The Morgan fingerprint density at radius 3 is 2.29 bits per heavy atom. The number of hydrogen-bond acceptors (Lipinski definition) is 6. The number of piperidine rings is 1. The largest absolute Gasteiger partial charge is 0.494 e. The van der Waals surface area contributed by atoms with Gasteiger partial charge in [0.1, 0.15) is 11.5 Å². The Labute approximate surface area is 200 Å². The number of nitrogens with zero attached hydrogens (tertiary/aromatic N) is 1. The van der Waals surface area contributed by atoms with Gasteiger partial charge in [-0.2, -0.15) is 4.31 Å². The van der Waals surface area contributed by atoms with Crippen molar-refractivity contribution in [1.82, 2.24) is 15.2 Å². The highest BCUT2D eigenvalue weighted by atomic mass is 32.2. The molecular weight excluding hydrogens is 458 g/mol. The summed E-state index contributed by atoms with van der Waals surface area (Å²) in [6.07, 6.45) is 1.77. The van der Waals surface area contributed by atoms with Crippen molar-refractivity contribution in [2.75, 3.05) is 19.7 Å². The Morgan fingerprint density at radius 1 is 1.00 bits per heavy atom. The van der Waals surface area contributed by atoms with Gasteiger partial charge < -0.3 is 9.47 Å². The zero-order valence-corrected chi connectivity index (χ0v) is 20.5. The molecule has 2 N–H and O–H groups in total. The zero-order chi connectivity index (χ0) is 24.7. The van der Waals surface area contributed by atoms with Crippen LogP contribution in [0.3, 0.4) is 0 Å². The second kappa shape index (κ2) is 11.3. The second-order valence-corrected chi connectivity index (χ2v) is 9.99. The first-order valence-corrected chi connectivity index (χ1v) is 12.8. The van der Waals surface area contributed by atoms with Crippen LogP contribution >= 0.6 is 0 Å². The van der Waals surface area contributed by atoms with E-state index in [0.717, 1.165) is 19.3 Å². The van der Waals surface area contributed by atoms with Gasteiger partial charge in [0, 0.05) is 18.7 Å². The highest BCUT2D eigenvalue weighted by Crippen LogP contribution is 2.23. The molecule has 3 rings (SSSR count). The van der Waals surface area contributed by atoms with Gasteiger partial charge in [-0.25, -0.2) is 8.42 Å². The number of aryl methyl sites for hydroxylation is 1. The quantitative estimate of drug-likeness (QED) is 0.551. The lowest BCUT2D eigenvalue weighted by Gasteiger charge is -2.26. The van der Waals surface area contributed by atoms with E-state index >= 15 is 0 Å². The van der Waals surface area contributed by atoms with Crippen LogP contribution in [0.15, 0.2) is 47.4 Å². The molecule has 2 aromatic carbocycles. The van der Waals surface area contributed by atoms with E-state index in [2.05, 4.69) is 10.9 Å². The number of carbonyl (C=O) groups is 2. The summed E-state index contributed by atoms with van der Waals surface area (Å²) < 4.78 is 38.3. The van der Waals surface area contributed by atoms with Crippen molar-refractivity contribution >= 4 is 21.8 Å². The van der Waals surface area contributed by atoms with E-state index in [1.165, 1.54) is 16.4 Å². The van der Waals surface area contributed by atoms with Crippen LogP contribution in [0.1, 0.15) is 49.0 Å². The molecule has 10 heteroatoms. The smallest absolute Gasteiger partial charge is 0.279 e. The Morgan fingerprint density at radius 2 is 1.65 bits per heavy atom. The van der Waals surface area contributed by atoms with E-state index in [0.29, 0.717) is 36.8 Å². The fourth-order valence-corrected chi connectivity index (χ4v) is 5.13. The van der Waals surface area contributed by atoms with E-state index in [9.17, 15) is 18.0 Å². The average molecular weight is 490 g/mol. The van der Waals surface area contributed by atoms with E-state index in [1.54, 1.807) is 44.2 Å². The molecule has 0 aliphatic carbocycles. The third-order valence-corrected chi connectivity index (χ3v) is 7.42. The maximum atomic E-state index is 13.0. The van der Waals surface area contributed by atoms with Crippen molar-refractivity contribution < 1.29 is 27.5 Å². The summed E-state index contributed by atoms with van der Waals surface area (Å²) in [6, 6.07) is 11.3. The minimum atomic E-state index is -3.68. The number of carbonyl (C=O) groups excluding carboxylic acids is 2. The van der Waals surface area contributed by atoms with Crippen LogP contribution in [-0.4, -0.2) is 50.3 Å². The summed E-state index contributed by atoms with van der Waals surface area (Å²) >= 11 is 0. The summed E-state index contributed by atoms with van der Waals surface area (Å²) in [5, 5.41) is 0. The Kier molecular flexibility index (Phi) is 8.51. The second-order valence-electron chi connectivity index (χ2n) is 8.05. The molecule has 1 fully saturated rings. The minimum absolute atomic E-state index is 0.0590. The Balaban J connectivity index is 1.61. The summed E-state index contributed by atoms with van der Waals surface area (Å²) in [5.74, 6) is -0.00481. The van der Waals surface area contributed by atoms with Gasteiger partial charge in [-0.1, -0.05) is 12.5 Å². The summed E-state index contributed by atoms with van der Waals surface area (Å²) in [6.45, 7) is 6.63. The fraction of sp³-hybridized carbons (Fsp3) is 0.417. The Bertz CT molecular complexity index is 1110. The number of hydrogen-bond donors (Lipinski definition) is 2. The Hall–Kier alpha value is -3.11. The first-order valence-electron chi connectivity index (χ1n) is 11.3. The molecule has 0 aromatic heterocycles. The predicted octanol–water partition coefficient (Wildman–Crippen LogP) is 2.80. The van der Waals surface area contributed by atoms with Crippen molar-refractivity contribution in [3.05, 3.63) is 53.6 Å². The molecule has 1 aliphatic heterocycles. The van der Waals surface area contributed by atoms with Crippen LogP contribution in [0.5, 0.6) is 11.5 Å². The molecule has 184 valence electrons. The summed E-state index contributed by atoms with van der Waals surface area (Å²) in [5.41, 5.74) is 5.43. The number of ether oxygens (including phenoxy) is 2. The van der Waals surface area contributed by atoms with Gasteiger partial charge >= 0.3 is 0 Å². The molecule has 2 amide bonds. The average Bonchev–Trinajstić information content (AvgIpc) is 2.84. The predicted molar refractivity (Wildman–Crippen MR) is 127 cm³/mol. The molecule has 1 aliphatic rings. The lowest BCUT2D eigenvalue weighted by Crippen LogP contribution is -2.47. The monoisotopic (exact) mass is 489 g/mol. The number of hydrazine groups is 1. The first-order chi connectivity index (χ1) is 16.2. The number of nitrogens with one attached hydrogen (secondary N) is 2. The normalized spacial score (nSPS) is 15.3. The standard InChI is InChI=1S/C24H31N3O6S/c1-4-32-19-9-11-20(12-10-19)33-18(3)23(28)25-26-24(29)22-16-21(13-8-17(22)2)34(30,31)27-14-6-5-7-15-27/h8-13,16,18H,4-7,14-15H2,1-3H3,(H,25,28)(H,26,29).